The molecule has 0 saturated carbocycles. The Balaban J connectivity index is 2.25. The van der Waals surface area contributed by atoms with Crippen molar-refractivity contribution in [1.82, 2.24) is 9.97 Å². The summed E-state index contributed by atoms with van der Waals surface area (Å²) in [6.45, 7) is 1.73. The molecule has 0 aliphatic carbocycles. The van der Waals surface area contributed by atoms with E-state index in [1.165, 1.54) is 11.3 Å². The van der Waals surface area contributed by atoms with Crippen molar-refractivity contribution >= 4 is 46.3 Å². The van der Waals surface area contributed by atoms with Crippen molar-refractivity contribution < 1.29 is 4.79 Å². The van der Waals surface area contributed by atoms with Gasteiger partial charge in [0.15, 0.2) is 5.82 Å². The van der Waals surface area contributed by atoms with Gasteiger partial charge in [0.05, 0.1) is 21.2 Å². The Labute approximate surface area is 112 Å². The van der Waals surface area contributed by atoms with Crippen LogP contribution in [0.25, 0.3) is 0 Å². The lowest BCUT2D eigenvalue weighted by molar-refractivity contribution is 0.102. The lowest BCUT2D eigenvalue weighted by Gasteiger charge is -2.06. The van der Waals surface area contributed by atoms with E-state index in [0.717, 1.165) is 0 Å². The summed E-state index contributed by atoms with van der Waals surface area (Å²) in [5.74, 6) is -0.0612. The number of hydrogen-bond donors (Lipinski definition) is 1. The van der Waals surface area contributed by atoms with Crippen LogP contribution in [0.3, 0.4) is 0 Å². The third-order valence-corrected chi connectivity index (χ3v) is 3.26. The van der Waals surface area contributed by atoms with Gasteiger partial charge in [0.2, 0.25) is 0 Å². The van der Waals surface area contributed by atoms with Crippen molar-refractivity contribution in [3.8, 4) is 0 Å². The summed E-state index contributed by atoms with van der Waals surface area (Å²) in [6.07, 6.45) is 0. The molecule has 88 valence electrons. The van der Waals surface area contributed by atoms with E-state index in [9.17, 15) is 4.79 Å². The van der Waals surface area contributed by atoms with E-state index in [-0.39, 0.29) is 11.7 Å². The van der Waals surface area contributed by atoms with E-state index in [1.807, 2.05) is 0 Å². The first-order valence-corrected chi connectivity index (χ1v) is 6.30. The molecule has 0 unspecified atom stereocenters. The minimum Gasteiger partial charge on any atom is -0.304 e. The van der Waals surface area contributed by atoms with Gasteiger partial charge in [0, 0.05) is 5.38 Å². The fourth-order valence-corrected chi connectivity index (χ4v) is 2.08. The van der Waals surface area contributed by atoms with Crippen molar-refractivity contribution in [3.05, 3.63) is 38.4 Å². The van der Waals surface area contributed by atoms with Gasteiger partial charge in [-0.1, -0.05) is 23.2 Å². The molecule has 2 aromatic heterocycles. The van der Waals surface area contributed by atoms with Gasteiger partial charge in [-0.2, -0.15) is 0 Å². The maximum atomic E-state index is 11.7. The number of rotatable bonds is 2. The third kappa shape index (κ3) is 2.74. The van der Waals surface area contributed by atoms with Gasteiger partial charge in [-0.25, -0.2) is 9.97 Å². The van der Waals surface area contributed by atoms with E-state index < -0.39 is 0 Å². The van der Waals surface area contributed by atoms with Crippen LogP contribution >= 0.6 is 34.5 Å². The molecule has 1 N–H and O–H groups in total. The monoisotopic (exact) mass is 287 g/mol. The molecule has 4 nitrogen and oxygen atoms in total. The molecule has 2 heterocycles. The largest absolute Gasteiger partial charge is 0.304 e. The molecule has 1 amide bonds. The van der Waals surface area contributed by atoms with Crippen molar-refractivity contribution in [2.45, 2.75) is 6.92 Å². The molecule has 0 spiro atoms. The zero-order valence-electron chi connectivity index (χ0n) is 8.70. The minimum absolute atomic E-state index is 0.284. The highest BCUT2D eigenvalue weighted by atomic mass is 35.5. The second-order valence-corrected chi connectivity index (χ2v) is 4.75. The summed E-state index contributed by atoms with van der Waals surface area (Å²) in [7, 11) is 0. The minimum atomic E-state index is -0.345. The first kappa shape index (κ1) is 12.3. The summed E-state index contributed by atoms with van der Waals surface area (Å²) in [4.78, 5) is 19.7. The van der Waals surface area contributed by atoms with Crippen LogP contribution in [-0.2, 0) is 0 Å². The Hall–Kier alpha value is -1.17. The predicted octanol–water partition coefficient (Wildman–Crippen LogP) is 3.41. The van der Waals surface area contributed by atoms with Gasteiger partial charge >= 0.3 is 0 Å². The average Bonchev–Trinajstić information content (AvgIpc) is 2.79. The number of amides is 1. The van der Waals surface area contributed by atoms with E-state index in [2.05, 4.69) is 15.3 Å². The molecule has 0 aromatic carbocycles. The highest BCUT2D eigenvalue weighted by Gasteiger charge is 2.12. The number of aromatic nitrogens is 2. The molecule has 2 rings (SSSR count). The molecule has 0 radical (unpaired) electrons. The van der Waals surface area contributed by atoms with E-state index in [4.69, 9.17) is 23.2 Å². The van der Waals surface area contributed by atoms with Gasteiger partial charge in [-0.15, -0.1) is 11.3 Å². The molecule has 2 aromatic rings. The number of carbonyl (C=O) groups is 1. The van der Waals surface area contributed by atoms with Gasteiger partial charge in [-0.05, 0) is 13.0 Å². The topological polar surface area (TPSA) is 54.9 Å². The first-order chi connectivity index (χ1) is 8.08. The molecule has 0 aliphatic heterocycles. The first-order valence-electron chi connectivity index (χ1n) is 4.60. The highest BCUT2D eigenvalue weighted by molar-refractivity contribution is 7.07. The Bertz CT molecular complexity index is 557. The van der Waals surface area contributed by atoms with Crippen molar-refractivity contribution in [2.24, 2.45) is 0 Å². The number of nitrogens with one attached hydrogen (secondary N) is 1. The maximum Gasteiger partial charge on any atom is 0.276 e. The molecule has 0 aliphatic rings. The molecule has 17 heavy (non-hydrogen) atoms. The van der Waals surface area contributed by atoms with Crippen LogP contribution in [-0.4, -0.2) is 15.9 Å². The lowest BCUT2D eigenvalue weighted by Crippen LogP contribution is -2.14. The fraction of sp³-hybridized carbons (Fsp3) is 0.100. The van der Waals surface area contributed by atoms with Crippen LogP contribution in [0.1, 0.15) is 16.2 Å². The Morgan fingerprint density at radius 1 is 1.41 bits per heavy atom. The smallest absolute Gasteiger partial charge is 0.276 e. The fourth-order valence-electron chi connectivity index (χ4n) is 1.14. The van der Waals surface area contributed by atoms with Crippen LogP contribution in [0, 0.1) is 6.92 Å². The number of aryl methyl sites for hydroxylation is 1. The maximum absolute atomic E-state index is 11.7. The van der Waals surface area contributed by atoms with Crippen molar-refractivity contribution in [2.75, 3.05) is 5.32 Å². The molecular formula is C10H7Cl2N3OS. The van der Waals surface area contributed by atoms with Crippen LogP contribution in [0.5, 0.6) is 0 Å². The van der Waals surface area contributed by atoms with E-state index in [1.54, 1.807) is 23.9 Å². The summed E-state index contributed by atoms with van der Waals surface area (Å²) in [5, 5.41) is 4.98. The second-order valence-electron chi connectivity index (χ2n) is 3.21. The summed E-state index contributed by atoms with van der Waals surface area (Å²) in [6, 6.07) is 1.54. The van der Waals surface area contributed by atoms with Crippen LogP contribution in [0.4, 0.5) is 5.82 Å². The number of thiazole rings is 1. The normalized spacial score (nSPS) is 10.3. The van der Waals surface area contributed by atoms with Crippen LogP contribution < -0.4 is 5.32 Å². The third-order valence-electron chi connectivity index (χ3n) is 2.00. The zero-order valence-corrected chi connectivity index (χ0v) is 11.0. The highest BCUT2D eigenvalue weighted by Crippen LogP contribution is 2.25. The molecular weight excluding hydrogens is 281 g/mol. The number of carbonyl (C=O) groups excluding carboxylic acids is 1. The summed E-state index contributed by atoms with van der Waals surface area (Å²) < 4.78 is 0. The second kappa shape index (κ2) is 5.00. The zero-order chi connectivity index (χ0) is 12.4. The Kier molecular flexibility index (Phi) is 3.61. The molecule has 0 atom stereocenters. The molecule has 7 heteroatoms. The summed E-state index contributed by atoms with van der Waals surface area (Å²) >= 11 is 13.1. The van der Waals surface area contributed by atoms with Crippen molar-refractivity contribution in [1.29, 1.82) is 0 Å². The standard InChI is InChI=1S/C10H7Cl2N3OS/c1-5-6(11)2-7(12)9(14-5)15-10(16)8-3-17-4-13-8/h2-4H,1H3,(H,14,15,16). The van der Waals surface area contributed by atoms with Crippen molar-refractivity contribution in [3.63, 3.8) is 0 Å². The Morgan fingerprint density at radius 3 is 2.82 bits per heavy atom. The lowest BCUT2D eigenvalue weighted by atomic mass is 10.3. The average molecular weight is 288 g/mol. The van der Waals surface area contributed by atoms with Gasteiger partial charge in [0.25, 0.3) is 5.91 Å². The van der Waals surface area contributed by atoms with E-state index >= 15 is 0 Å². The SMILES string of the molecule is Cc1nc(NC(=O)c2cscn2)c(Cl)cc1Cl. The number of halogens is 2. The predicted molar refractivity (Wildman–Crippen MR) is 69.1 cm³/mol. The van der Waals surface area contributed by atoms with Gasteiger partial charge in [-0.3, -0.25) is 4.79 Å². The number of pyridine rings is 1. The summed E-state index contributed by atoms with van der Waals surface area (Å²) in [5.41, 5.74) is 2.52. The van der Waals surface area contributed by atoms with E-state index in [0.29, 0.717) is 21.4 Å². The quantitative estimate of drug-likeness (QED) is 0.921. The van der Waals surface area contributed by atoms with Crippen LogP contribution in [0.2, 0.25) is 10.0 Å². The van der Waals surface area contributed by atoms with Crippen LogP contribution in [0.15, 0.2) is 17.0 Å². The molecule has 0 bridgehead atoms. The van der Waals surface area contributed by atoms with Gasteiger partial charge in [0.1, 0.15) is 5.69 Å². The number of hydrogen-bond acceptors (Lipinski definition) is 4. The number of nitrogens with zero attached hydrogens (tertiary/aromatic N) is 2. The number of anilines is 1. The Morgan fingerprint density at radius 2 is 2.18 bits per heavy atom. The molecule has 0 fully saturated rings. The van der Waals surface area contributed by atoms with Gasteiger partial charge < -0.3 is 5.32 Å². The molecule has 0 saturated heterocycles.